The largest absolute Gasteiger partial charge is 0.496 e. The maximum Gasteiger partial charge on any atom is 0.258 e. The van der Waals surface area contributed by atoms with Crippen molar-refractivity contribution in [3.8, 4) is 5.75 Å². The molecule has 1 atom stereocenters. The summed E-state index contributed by atoms with van der Waals surface area (Å²) in [6.45, 7) is 1.38. The molecule has 0 radical (unpaired) electrons. The summed E-state index contributed by atoms with van der Waals surface area (Å²) in [5.41, 5.74) is 1.78. The Bertz CT molecular complexity index is 890. The van der Waals surface area contributed by atoms with Gasteiger partial charge in [0.1, 0.15) is 24.5 Å². The smallest absolute Gasteiger partial charge is 0.258 e. The van der Waals surface area contributed by atoms with Crippen LogP contribution in [0.25, 0.3) is 4.96 Å². The molecule has 23 heavy (non-hydrogen) atoms. The van der Waals surface area contributed by atoms with Gasteiger partial charge in [0.15, 0.2) is 4.96 Å². The van der Waals surface area contributed by atoms with E-state index in [1.54, 1.807) is 23.8 Å². The third-order valence-electron chi connectivity index (χ3n) is 3.57. The van der Waals surface area contributed by atoms with Gasteiger partial charge in [0.25, 0.3) is 5.56 Å². The highest BCUT2D eigenvalue weighted by molar-refractivity contribution is 7.15. The number of rotatable bonds is 5. The van der Waals surface area contributed by atoms with E-state index in [4.69, 9.17) is 16.3 Å². The molecule has 1 aromatic carbocycles. The number of aromatic nitrogens is 2. The van der Waals surface area contributed by atoms with Crippen molar-refractivity contribution in [2.75, 3.05) is 14.2 Å². The number of nitrogens with zero attached hydrogens (tertiary/aromatic N) is 2. The van der Waals surface area contributed by atoms with E-state index < -0.39 is 0 Å². The van der Waals surface area contributed by atoms with Crippen LogP contribution in [0.3, 0.4) is 0 Å². The molecule has 0 fully saturated rings. The van der Waals surface area contributed by atoms with E-state index in [2.05, 4.69) is 12.0 Å². The summed E-state index contributed by atoms with van der Waals surface area (Å²) in [6.07, 6.45) is 1.74. The van der Waals surface area contributed by atoms with Gasteiger partial charge in [0.2, 0.25) is 0 Å². The summed E-state index contributed by atoms with van der Waals surface area (Å²) in [5, 5.41) is 2.55. The van der Waals surface area contributed by atoms with Crippen molar-refractivity contribution >= 4 is 27.9 Å². The van der Waals surface area contributed by atoms with Gasteiger partial charge >= 0.3 is 0 Å². The Kier molecular flexibility index (Phi) is 4.66. The van der Waals surface area contributed by atoms with Crippen molar-refractivity contribution in [2.24, 2.45) is 0 Å². The number of methoxy groups -OCH3 is 1. The first-order chi connectivity index (χ1) is 11.1. The fourth-order valence-electron chi connectivity index (χ4n) is 2.56. The quantitative estimate of drug-likeness (QED) is 0.761. The lowest BCUT2D eigenvalue weighted by molar-refractivity contribution is -0.908. The Hall–Kier alpha value is -1.89. The summed E-state index contributed by atoms with van der Waals surface area (Å²) in [5.74, 6) is 0.815. The summed E-state index contributed by atoms with van der Waals surface area (Å²) >= 11 is 7.53. The number of ether oxygens (including phenoxy) is 1. The van der Waals surface area contributed by atoms with Crippen molar-refractivity contribution in [3.05, 3.63) is 62.5 Å². The van der Waals surface area contributed by atoms with E-state index in [0.717, 1.165) is 28.5 Å². The van der Waals surface area contributed by atoms with Crippen molar-refractivity contribution in [1.82, 2.24) is 9.38 Å². The minimum Gasteiger partial charge on any atom is -0.496 e. The zero-order valence-corrected chi connectivity index (χ0v) is 14.4. The minimum absolute atomic E-state index is 0.0422. The molecule has 0 saturated carbocycles. The number of halogens is 1. The molecule has 0 aliphatic carbocycles. The molecular weight excluding hydrogens is 334 g/mol. The lowest BCUT2D eigenvalue weighted by atomic mass is 10.2. The van der Waals surface area contributed by atoms with Crippen LogP contribution in [0, 0.1) is 0 Å². The van der Waals surface area contributed by atoms with Crippen LogP contribution in [0.5, 0.6) is 5.75 Å². The molecule has 3 aromatic rings. The van der Waals surface area contributed by atoms with Gasteiger partial charge in [0, 0.05) is 28.2 Å². The monoisotopic (exact) mass is 350 g/mol. The number of thiazole rings is 1. The first-order valence-corrected chi connectivity index (χ1v) is 8.42. The maximum absolute atomic E-state index is 12.0. The lowest BCUT2D eigenvalue weighted by Gasteiger charge is -2.16. The van der Waals surface area contributed by atoms with Crippen LogP contribution in [0.15, 0.2) is 40.6 Å². The van der Waals surface area contributed by atoms with Crippen LogP contribution >= 0.6 is 22.9 Å². The molecule has 0 amide bonds. The topological polar surface area (TPSA) is 48.0 Å². The molecule has 1 unspecified atom stereocenters. The average Bonchev–Trinajstić information content (AvgIpc) is 2.96. The average molecular weight is 351 g/mol. The first kappa shape index (κ1) is 16.0. The molecule has 120 valence electrons. The number of hydrogen-bond acceptors (Lipinski definition) is 4. The molecule has 0 aliphatic heterocycles. The standard InChI is InChI=1S/C16H16ClN3O2S/c1-19(9-11-7-12(17)3-4-14(11)22-2)10-13-8-15(21)20-5-6-23-16(20)18-13/h3-8H,9-10H2,1-2H3/p+1. The van der Waals surface area contributed by atoms with Gasteiger partial charge in [-0.05, 0) is 18.2 Å². The third kappa shape index (κ3) is 3.55. The summed E-state index contributed by atoms with van der Waals surface area (Å²) < 4.78 is 6.94. The molecule has 0 saturated heterocycles. The molecule has 2 heterocycles. The van der Waals surface area contributed by atoms with Crippen LogP contribution in [0.1, 0.15) is 11.3 Å². The second kappa shape index (κ2) is 6.70. The molecule has 5 nitrogen and oxygen atoms in total. The molecule has 7 heteroatoms. The Morgan fingerprint density at radius 3 is 2.96 bits per heavy atom. The fourth-order valence-corrected chi connectivity index (χ4v) is 3.49. The van der Waals surface area contributed by atoms with Gasteiger partial charge in [0.05, 0.1) is 14.2 Å². The summed E-state index contributed by atoms with van der Waals surface area (Å²) in [6, 6.07) is 7.19. The molecule has 3 rings (SSSR count). The summed E-state index contributed by atoms with van der Waals surface area (Å²) in [7, 11) is 3.70. The number of benzene rings is 1. The van der Waals surface area contributed by atoms with Crippen LogP contribution in [0.2, 0.25) is 5.02 Å². The van der Waals surface area contributed by atoms with Gasteiger partial charge in [-0.3, -0.25) is 9.20 Å². The predicted molar refractivity (Wildman–Crippen MR) is 91.6 cm³/mol. The Labute approximate surface area is 142 Å². The van der Waals surface area contributed by atoms with E-state index in [1.807, 2.05) is 23.6 Å². The van der Waals surface area contributed by atoms with E-state index in [-0.39, 0.29) is 5.56 Å². The number of nitrogens with one attached hydrogen (secondary N) is 1. The molecule has 2 aromatic heterocycles. The summed E-state index contributed by atoms with van der Waals surface area (Å²) in [4.78, 5) is 18.5. The minimum atomic E-state index is -0.0422. The van der Waals surface area contributed by atoms with Crippen molar-refractivity contribution in [2.45, 2.75) is 13.1 Å². The normalized spacial score (nSPS) is 12.5. The molecule has 0 spiro atoms. The highest BCUT2D eigenvalue weighted by Gasteiger charge is 2.13. The molecular formula is C16H17ClN3O2S+. The van der Waals surface area contributed by atoms with E-state index in [0.29, 0.717) is 11.6 Å². The van der Waals surface area contributed by atoms with Crippen molar-refractivity contribution in [3.63, 3.8) is 0 Å². The number of hydrogen-bond donors (Lipinski definition) is 1. The highest BCUT2D eigenvalue weighted by atomic mass is 35.5. The van der Waals surface area contributed by atoms with Gasteiger partial charge < -0.3 is 9.64 Å². The zero-order valence-electron chi connectivity index (χ0n) is 12.9. The van der Waals surface area contributed by atoms with Gasteiger partial charge in [-0.1, -0.05) is 11.6 Å². The Balaban J connectivity index is 1.79. The van der Waals surface area contributed by atoms with Gasteiger partial charge in [-0.2, -0.15) is 0 Å². The Morgan fingerprint density at radius 1 is 1.35 bits per heavy atom. The zero-order chi connectivity index (χ0) is 16.4. The van der Waals surface area contributed by atoms with E-state index in [9.17, 15) is 4.79 Å². The van der Waals surface area contributed by atoms with E-state index in [1.165, 1.54) is 16.2 Å². The second-order valence-corrected chi connectivity index (χ2v) is 6.72. The predicted octanol–water partition coefficient (Wildman–Crippen LogP) is 1.63. The molecule has 1 N–H and O–H groups in total. The molecule has 0 bridgehead atoms. The lowest BCUT2D eigenvalue weighted by Crippen LogP contribution is -3.06. The van der Waals surface area contributed by atoms with Crippen molar-refractivity contribution < 1.29 is 9.64 Å². The maximum atomic E-state index is 12.0. The fraction of sp³-hybridized carbons (Fsp3) is 0.250. The van der Waals surface area contributed by atoms with Crippen LogP contribution in [-0.4, -0.2) is 23.5 Å². The number of fused-ring (bicyclic) bond motifs is 1. The van der Waals surface area contributed by atoms with Gasteiger partial charge in [-0.25, -0.2) is 4.98 Å². The second-order valence-electron chi connectivity index (χ2n) is 5.41. The Morgan fingerprint density at radius 2 is 2.17 bits per heavy atom. The SMILES string of the molecule is COc1ccc(Cl)cc1C[NH+](C)Cc1cc(=O)n2ccsc2n1. The van der Waals surface area contributed by atoms with Crippen LogP contribution in [0.4, 0.5) is 0 Å². The van der Waals surface area contributed by atoms with Crippen LogP contribution in [-0.2, 0) is 13.1 Å². The highest BCUT2D eigenvalue weighted by Crippen LogP contribution is 2.21. The van der Waals surface area contributed by atoms with Crippen LogP contribution < -0.4 is 15.2 Å². The van der Waals surface area contributed by atoms with Gasteiger partial charge in [-0.15, -0.1) is 11.3 Å². The molecule has 0 aliphatic rings. The number of quaternary nitrogens is 1. The van der Waals surface area contributed by atoms with E-state index >= 15 is 0 Å². The third-order valence-corrected chi connectivity index (χ3v) is 4.57. The van der Waals surface area contributed by atoms with Crippen molar-refractivity contribution in [1.29, 1.82) is 0 Å². The first-order valence-electron chi connectivity index (χ1n) is 7.16.